The number of nitrogens with two attached hydrogens (primary N) is 1. The summed E-state index contributed by atoms with van der Waals surface area (Å²) in [4.78, 5) is 23.6. The summed E-state index contributed by atoms with van der Waals surface area (Å²) in [5, 5.41) is 2.76. The number of imidazole rings is 1. The molecule has 1 fully saturated rings. The molecule has 0 spiro atoms. The van der Waals surface area contributed by atoms with Crippen molar-refractivity contribution in [1.29, 1.82) is 0 Å². The number of fused-ring (bicyclic) bond motifs is 1. The molecule has 2 aromatic rings. The third-order valence-electron chi connectivity index (χ3n) is 4.61. The Morgan fingerprint density at radius 1 is 1.55 bits per heavy atom. The van der Waals surface area contributed by atoms with E-state index in [9.17, 15) is 18.0 Å². The molecule has 2 atom stereocenters. The van der Waals surface area contributed by atoms with Gasteiger partial charge in [-0.05, 0) is 13.0 Å². The first-order valence-corrected chi connectivity index (χ1v) is 8.92. The van der Waals surface area contributed by atoms with Crippen LogP contribution in [0.5, 0.6) is 5.88 Å². The monoisotopic (exact) mass is 410 g/mol. The van der Waals surface area contributed by atoms with E-state index >= 15 is 0 Å². The van der Waals surface area contributed by atoms with Gasteiger partial charge < -0.3 is 20.4 Å². The van der Waals surface area contributed by atoms with Gasteiger partial charge in [-0.15, -0.1) is 0 Å². The third kappa shape index (κ3) is 4.84. The number of carbonyl (C=O) groups is 1. The van der Waals surface area contributed by atoms with Gasteiger partial charge in [0.2, 0.25) is 11.8 Å². The second-order valence-electron chi connectivity index (χ2n) is 6.83. The molecule has 11 heteroatoms. The van der Waals surface area contributed by atoms with E-state index in [-0.39, 0.29) is 35.1 Å². The van der Waals surface area contributed by atoms with E-state index in [0.717, 1.165) is 12.4 Å². The normalized spacial score (nSPS) is 19.1. The molecule has 0 saturated carbocycles. The summed E-state index contributed by atoms with van der Waals surface area (Å²) in [6.45, 7) is 1.03. The summed E-state index contributed by atoms with van der Waals surface area (Å²) in [7, 11) is 1.78. The number of amides is 1. The quantitative estimate of drug-likeness (QED) is 0.707. The van der Waals surface area contributed by atoms with Crippen LogP contribution in [-0.2, 0) is 11.8 Å². The Balaban J connectivity index is 1.92. The molecule has 29 heavy (non-hydrogen) atoms. The van der Waals surface area contributed by atoms with Crippen molar-refractivity contribution in [3.05, 3.63) is 24.3 Å². The Labute approximate surface area is 164 Å². The van der Waals surface area contributed by atoms with Gasteiger partial charge >= 0.3 is 6.18 Å². The van der Waals surface area contributed by atoms with Crippen LogP contribution in [0.4, 0.5) is 13.2 Å². The Morgan fingerprint density at radius 3 is 2.93 bits per heavy atom. The summed E-state index contributed by atoms with van der Waals surface area (Å²) < 4.78 is 44.9. The number of allylic oxidation sites excluding steroid dienone is 1. The highest BCUT2D eigenvalue weighted by Crippen LogP contribution is 2.28. The van der Waals surface area contributed by atoms with Gasteiger partial charge in [0.05, 0.1) is 17.5 Å². The van der Waals surface area contributed by atoms with Gasteiger partial charge in [-0.2, -0.15) is 13.2 Å². The number of alkyl halides is 3. The lowest BCUT2D eigenvalue weighted by Gasteiger charge is -2.20. The lowest BCUT2D eigenvalue weighted by Crippen LogP contribution is -2.26. The summed E-state index contributed by atoms with van der Waals surface area (Å²) >= 11 is 0. The summed E-state index contributed by atoms with van der Waals surface area (Å²) in [5.41, 5.74) is 7.25. The standard InChI is InChI=1S/C18H21F3N6O2/c1-10(11-3-15(28)24-7-11)29-17-16-14(25-9-27(16)2)4-13(26-17)12(5-22)6-23-8-18(19,20)21/h4-6,9-11H,3,7-8,22H2,1-2H3,(H,24,28)/t10-,11-/m1/s1. The molecular formula is C18H21F3N6O2. The first-order valence-electron chi connectivity index (χ1n) is 8.92. The second kappa shape index (κ2) is 8.10. The molecule has 2 aromatic heterocycles. The summed E-state index contributed by atoms with van der Waals surface area (Å²) in [5.74, 6) is 0.203. The minimum atomic E-state index is -4.41. The van der Waals surface area contributed by atoms with Crippen LogP contribution in [0, 0.1) is 5.92 Å². The Morgan fingerprint density at radius 2 is 2.31 bits per heavy atom. The number of aliphatic imine (C=N–C) groups is 1. The van der Waals surface area contributed by atoms with Crippen LogP contribution in [-0.4, -0.2) is 52.0 Å². The maximum absolute atomic E-state index is 12.4. The molecule has 1 amide bonds. The van der Waals surface area contributed by atoms with Crippen LogP contribution in [0.3, 0.4) is 0 Å². The third-order valence-corrected chi connectivity index (χ3v) is 4.61. The van der Waals surface area contributed by atoms with Crippen LogP contribution in [0.25, 0.3) is 16.6 Å². The number of ether oxygens (including phenoxy) is 1. The van der Waals surface area contributed by atoms with Gasteiger partial charge in [0.25, 0.3) is 0 Å². The number of nitrogens with zero attached hydrogens (tertiary/aromatic N) is 4. The SMILES string of the molecule is C[C@@H](Oc1nc(C(C=NCC(F)(F)F)=CN)cc2ncn(C)c12)[C@H]1CNC(=O)C1. The van der Waals surface area contributed by atoms with E-state index < -0.39 is 12.7 Å². The maximum Gasteiger partial charge on any atom is 0.407 e. The van der Waals surface area contributed by atoms with Gasteiger partial charge in [0.1, 0.15) is 18.2 Å². The van der Waals surface area contributed by atoms with Crippen LogP contribution < -0.4 is 15.8 Å². The molecule has 0 aliphatic carbocycles. The molecule has 0 unspecified atom stereocenters. The molecule has 1 aliphatic heterocycles. The fourth-order valence-electron chi connectivity index (χ4n) is 3.04. The van der Waals surface area contributed by atoms with Crippen LogP contribution in [0.1, 0.15) is 19.0 Å². The average molecular weight is 410 g/mol. The van der Waals surface area contributed by atoms with E-state index in [0.29, 0.717) is 24.0 Å². The number of aromatic nitrogens is 3. The fourth-order valence-corrected chi connectivity index (χ4v) is 3.04. The van der Waals surface area contributed by atoms with Gasteiger partial charge in [-0.1, -0.05) is 0 Å². The lowest BCUT2D eigenvalue weighted by molar-refractivity contribution is -0.119. The Hall–Kier alpha value is -3.11. The number of hydrogen-bond donors (Lipinski definition) is 2. The van der Waals surface area contributed by atoms with Gasteiger partial charge in [0, 0.05) is 43.9 Å². The predicted octanol–water partition coefficient (Wildman–Crippen LogP) is 1.80. The smallest absolute Gasteiger partial charge is 0.407 e. The van der Waals surface area contributed by atoms with Crippen molar-refractivity contribution in [2.24, 2.45) is 23.7 Å². The van der Waals surface area contributed by atoms with E-state index in [4.69, 9.17) is 10.5 Å². The molecule has 3 N–H and O–H groups in total. The lowest BCUT2D eigenvalue weighted by atomic mass is 10.0. The molecule has 3 heterocycles. The summed E-state index contributed by atoms with van der Waals surface area (Å²) in [6.07, 6.45) is -0.642. The van der Waals surface area contributed by atoms with Gasteiger partial charge in [-0.25, -0.2) is 9.97 Å². The van der Waals surface area contributed by atoms with Crippen molar-refractivity contribution in [3.8, 4) is 5.88 Å². The minimum absolute atomic E-state index is 0.0193. The first kappa shape index (κ1) is 20.6. The number of carbonyl (C=O) groups excluding carboxylic acids is 1. The van der Waals surface area contributed by atoms with Crippen molar-refractivity contribution in [2.45, 2.75) is 25.6 Å². The van der Waals surface area contributed by atoms with Gasteiger partial charge in [-0.3, -0.25) is 9.79 Å². The van der Waals surface area contributed by atoms with Gasteiger partial charge in [0.15, 0.2) is 0 Å². The summed E-state index contributed by atoms with van der Waals surface area (Å²) in [6, 6.07) is 1.60. The molecule has 3 rings (SSSR count). The molecule has 1 aliphatic rings. The van der Waals surface area contributed by atoms with Crippen molar-refractivity contribution in [2.75, 3.05) is 13.1 Å². The number of aryl methyl sites for hydroxylation is 1. The average Bonchev–Trinajstić information content (AvgIpc) is 3.24. The molecule has 0 aromatic carbocycles. The van der Waals surface area contributed by atoms with E-state index in [1.165, 1.54) is 0 Å². The highest BCUT2D eigenvalue weighted by Gasteiger charge is 2.29. The molecule has 8 nitrogen and oxygen atoms in total. The number of halogens is 3. The van der Waals surface area contributed by atoms with E-state index in [1.54, 1.807) is 24.0 Å². The van der Waals surface area contributed by atoms with Crippen molar-refractivity contribution in [1.82, 2.24) is 19.9 Å². The van der Waals surface area contributed by atoms with Crippen molar-refractivity contribution < 1.29 is 22.7 Å². The Kier molecular flexibility index (Phi) is 5.76. The molecule has 0 radical (unpaired) electrons. The number of rotatable bonds is 6. The molecule has 156 valence electrons. The molecule has 0 bridgehead atoms. The van der Waals surface area contributed by atoms with Crippen LogP contribution >= 0.6 is 0 Å². The Bertz CT molecular complexity index is 966. The molecule has 1 saturated heterocycles. The van der Waals surface area contributed by atoms with Crippen molar-refractivity contribution >= 4 is 28.7 Å². The number of nitrogens with one attached hydrogen (secondary N) is 1. The van der Waals surface area contributed by atoms with Crippen LogP contribution in [0.15, 0.2) is 23.6 Å². The zero-order valence-corrected chi connectivity index (χ0v) is 15.9. The zero-order chi connectivity index (χ0) is 21.2. The first-order chi connectivity index (χ1) is 13.7. The minimum Gasteiger partial charge on any atom is -0.473 e. The topological polar surface area (TPSA) is 107 Å². The van der Waals surface area contributed by atoms with Crippen LogP contribution in [0.2, 0.25) is 0 Å². The predicted molar refractivity (Wildman–Crippen MR) is 101 cm³/mol. The highest BCUT2D eigenvalue weighted by molar-refractivity contribution is 6.09. The number of pyridine rings is 1. The molecular weight excluding hydrogens is 389 g/mol. The zero-order valence-electron chi connectivity index (χ0n) is 15.9. The van der Waals surface area contributed by atoms with E-state index in [2.05, 4.69) is 20.3 Å². The largest absolute Gasteiger partial charge is 0.473 e. The fraction of sp³-hybridized carbons (Fsp3) is 0.444. The highest BCUT2D eigenvalue weighted by atomic mass is 19.4. The second-order valence-corrected chi connectivity index (χ2v) is 6.83. The maximum atomic E-state index is 12.4. The van der Waals surface area contributed by atoms with E-state index in [1.807, 2.05) is 6.92 Å². The number of hydrogen-bond acceptors (Lipinski definition) is 6. The van der Waals surface area contributed by atoms with Crippen molar-refractivity contribution in [3.63, 3.8) is 0 Å².